The second-order valence-electron chi connectivity index (χ2n) is 4.87. The fraction of sp³-hybridized carbons (Fsp3) is 0.571. The summed E-state index contributed by atoms with van der Waals surface area (Å²) in [6.45, 7) is 5.09. The molecular formula is C14H21ClN2O. The zero-order chi connectivity index (χ0) is 13.0. The third-order valence-electron chi connectivity index (χ3n) is 3.57. The van der Waals surface area contributed by atoms with E-state index in [-0.39, 0.29) is 0 Å². The van der Waals surface area contributed by atoms with E-state index in [1.54, 1.807) is 0 Å². The van der Waals surface area contributed by atoms with E-state index >= 15 is 0 Å². The monoisotopic (exact) mass is 268 g/mol. The minimum Gasteiger partial charge on any atom is -0.492 e. The van der Waals surface area contributed by atoms with Crippen molar-refractivity contribution in [2.75, 3.05) is 26.7 Å². The van der Waals surface area contributed by atoms with Crippen LogP contribution in [0.5, 0.6) is 5.75 Å². The molecule has 1 fully saturated rings. The minimum atomic E-state index is 0.621. The maximum absolute atomic E-state index is 5.83. The summed E-state index contributed by atoms with van der Waals surface area (Å²) in [4.78, 5) is 2.47. The number of rotatable bonds is 5. The van der Waals surface area contributed by atoms with Crippen LogP contribution in [0.25, 0.3) is 0 Å². The van der Waals surface area contributed by atoms with E-state index in [0.717, 1.165) is 30.5 Å². The molecule has 3 nitrogen and oxygen atoms in total. The molecule has 0 amide bonds. The van der Waals surface area contributed by atoms with Crippen molar-refractivity contribution in [3.8, 4) is 5.75 Å². The van der Waals surface area contributed by atoms with E-state index in [9.17, 15) is 0 Å². The number of likely N-dealkylation sites (tertiary alicyclic amines) is 1. The lowest BCUT2D eigenvalue weighted by Gasteiger charge is -2.20. The number of likely N-dealkylation sites (N-methyl/N-ethyl adjacent to an activating group) is 1. The Kier molecular flexibility index (Phi) is 4.87. The van der Waals surface area contributed by atoms with Crippen molar-refractivity contribution >= 4 is 11.6 Å². The maximum Gasteiger partial charge on any atom is 0.119 e. The fourth-order valence-corrected chi connectivity index (χ4v) is 2.56. The van der Waals surface area contributed by atoms with Gasteiger partial charge in [0.05, 0.1) is 0 Å². The predicted molar refractivity (Wildman–Crippen MR) is 75.4 cm³/mol. The largest absolute Gasteiger partial charge is 0.492 e. The molecule has 1 heterocycles. The Bertz CT molecular complexity index is 369. The number of hydrogen-bond acceptors (Lipinski definition) is 3. The van der Waals surface area contributed by atoms with E-state index < -0.39 is 0 Å². The SMILES string of the molecule is CNC1CC(C)N(CCOc2ccc(Cl)cc2)C1. The van der Waals surface area contributed by atoms with Crippen LogP contribution in [-0.4, -0.2) is 43.7 Å². The van der Waals surface area contributed by atoms with E-state index in [1.807, 2.05) is 31.3 Å². The summed E-state index contributed by atoms with van der Waals surface area (Å²) in [6.07, 6.45) is 1.22. The van der Waals surface area contributed by atoms with Gasteiger partial charge in [-0.1, -0.05) is 11.6 Å². The van der Waals surface area contributed by atoms with Gasteiger partial charge in [0.15, 0.2) is 0 Å². The summed E-state index contributed by atoms with van der Waals surface area (Å²) in [5.74, 6) is 0.886. The van der Waals surface area contributed by atoms with Crippen LogP contribution in [0, 0.1) is 0 Å². The summed E-state index contributed by atoms with van der Waals surface area (Å²) >= 11 is 5.83. The van der Waals surface area contributed by atoms with Gasteiger partial charge in [-0.2, -0.15) is 0 Å². The molecule has 1 saturated heterocycles. The van der Waals surface area contributed by atoms with Crippen molar-refractivity contribution < 1.29 is 4.74 Å². The maximum atomic E-state index is 5.83. The van der Waals surface area contributed by atoms with Gasteiger partial charge >= 0.3 is 0 Å². The fourth-order valence-electron chi connectivity index (χ4n) is 2.43. The lowest BCUT2D eigenvalue weighted by molar-refractivity contribution is 0.203. The van der Waals surface area contributed by atoms with Crippen LogP contribution < -0.4 is 10.1 Å². The van der Waals surface area contributed by atoms with Crippen LogP contribution >= 0.6 is 11.6 Å². The van der Waals surface area contributed by atoms with Crippen LogP contribution in [-0.2, 0) is 0 Å². The van der Waals surface area contributed by atoms with Gasteiger partial charge in [-0.15, -0.1) is 0 Å². The Morgan fingerprint density at radius 1 is 1.39 bits per heavy atom. The molecule has 0 spiro atoms. The Hall–Kier alpha value is -0.770. The van der Waals surface area contributed by atoms with Gasteiger partial charge in [-0.3, -0.25) is 4.90 Å². The highest BCUT2D eigenvalue weighted by molar-refractivity contribution is 6.30. The molecule has 1 aliphatic rings. The quantitative estimate of drug-likeness (QED) is 0.888. The second kappa shape index (κ2) is 6.41. The summed E-state index contributed by atoms with van der Waals surface area (Å²) in [6, 6.07) is 8.78. The average molecular weight is 269 g/mol. The summed E-state index contributed by atoms with van der Waals surface area (Å²) in [7, 11) is 2.03. The summed E-state index contributed by atoms with van der Waals surface area (Å²) in [5.41, 5.74) is 0. The van der Waals surface area contributed by atoms with Crippen molar-refractivity contribution in [3.05, 3.63) is 29.3 Å². The lowest BCUT2D eigenvalue weighted by atomic mass is 10.2. The average Bonchev–Trinajstić information content (AvgIpc) is 2.73. The Morgan fingerprint density at radius 3 is 2.72 bits per heavy atom. The smallest absolute Gasteiger partial charge is 0.119 e. The van der Waals surface area contributed by atoms with Gasteiger partial charge in [0.1, 0.15) is 12.4 Å². The number of halogens is 1. The normalized spacial score (nSPS) is 24.4. The van der Waals surface area contributed by atoms with Gasteiger partial charge in [0.2, 0.25) is 0 Å². The highest BCUT2D eigenvalue weighted by Gasteiger charge is 2.27. The molecule has 18 heavy (non-hydrogen) atoms. The third kappa shape index (κ3) is 3.61. The van der Waals surface area contributed by atoms with Gasteiger partial charge < -0.3 is 10.1 Å². The minimum absolute atomic E-state index is 0.621. The number of hydrogen-bond donors (Lipinski definition) is 1. The molecule has 1 aromatic rings. The van der Waals surface area contributed by atoms with E-state index in [0.29, 0.717) is 12.1 Å². The number of ether oxygens (including phenoxy) is 1. The summed E-state index contributed by atoms with van der Waals surface area (Å²) in [5, 5.41) is 4.08. The predicted octanol–water partition coefficient (Wildman–Crippen LogP) is 2.40. The van der Waals surface area contributed by atoms with Crippen molar-refractivity contribution in [2.45, 2.75) is 25.4 Å². The first-order chi connectivity index (χ1) is 8.69. The molecule has 1 aromatic carbocycles. The number of nitrogens with one attached hydrogen (secondary N) is 1. The molecule has 2 atom stereocenters. The highest BCUT2D eigenvalue weighted by Crippen LogP contribution is 2.18. The first-order valence-electron chi connectivity index (χ1n) is 6.48. The molecule has 1 N–H and O–H groups in total. The molecule has 0 radical (unpaired) electrons. The van der Waals surface area contributed by atoms with E-state index in [2.05, 4.69) is 17.1 Å². The Morgan fingerprint density at radius 2 is 2.11 bits per heavy atom. The molecule has 2 unspecified atom stereocenters. The molecule has 100 valence electrons. The lowest BCUT2D eigenvalue weighted by Crippen LogP contribution is -2.33. The molecule has 2 rings (SSSR count). The van der Waals surface area contributed by atoms with Crippen LogP contribution in [0.2, 0.25) is 5.02 Å². The molecule has 0 bridgehead atoms. The van der Waals surface area contributed by atoms with Crippen LogP contribution in [0.3, 0.4) is 0 Å². The standard InChI is InChI=1S/C14H21ClN2O/c1-11-9-13(16-2)10-17(11)7-8-18-14-5-3-12(15)4-6-14/h3-6,11,13,16H,7-10H2,1-2H3. The van der Waals surface area contributed by atoms with Gasteiger partial charge in [0, 0.05) is 30.2 Å². The first kappa shape index (κ1) is 13.7. The number of nitrogens with zero attached hydrogens (tertiary/aromatic N) is 1. The van der Waals surface area contributed by atoms with Gasteiger partial charge in [-0.05, 0) is 44.7 Å². The molecule has 4 heteroatoms. The molecular weight excluding hydrogens is 248 g/mol. The van der Waals surface area contributed by atoms with Crippen molar-refractivity contribution in [2.24, 2.45) is 0 Å². The van der Waals surface area contributed by atoms with Crippen molar-refractivity contribution in [3.63, 3.8) is 0 Å². The van der Waals surface area contributed by atoms with E-state index in [1.165, 1.54) is 6.42 Å². The topological polar surface area (TPSA) is 24.5 Å². The van der Waals surface area contributed by atoms with Crippen LogP contribution in [0.4, 0.5) is 0 Å². The highest BCUT2D eigenvalue weighted by atomic mass is 35.5. The van der Waals surface area contributed by atoms with E-state index in [4.69, 9.17) is 16.3 Å². The zero-order valence-corrected chi connectivity index (χ0v) is 11.8. The van der Waals surface area contributed by atoms with Crippen LogP contribution in [0.15, 0.2) is 24.3 Å². The zero-order valence-electron chi connectivity index (χ0n) is 11.0. The van der Waals surface area contributed by atoms with Gasteiger partial charge in [-0.25, -0.2) is 0 Å². The van der Waals surface area contributed by atoms with Crippen molar-refractivity contribution in [1.82, 2.24) is 10.2 Å². The molecule has 0 saturated carbocycles. The first-order valence-corrected chi connectivity index (χ1v) is 6.86. The molecule has 1 aliphatic heterocycles. The molecule has 0 aromatic heterocycles. The van der Waals surface area contributed by atoms with Crippen molar-refractivity contribution in [1.29, 1.82) is 0 Å². The Labute approximate surface area is 114 Å². The summed E-state index contributed by atoms with van der Waals surface area (Å²) < 4.78 is 5.72. The Balaban J connectivity index is 1.74. The molecule has 0 aliphatic carbocycles. The third-order valence-corrected chi connectivity index (χ3v) is 3.82. The number of benzene rings is 1. The second-order valence-corrected chi connectivity index (χ2v) is 5.30. The van der Waals surface area contributed by atoms with Gasteiger partial charge in [0.25, 0.3) is 0 Å². The van der Waals surface area contributed by atoms with Crippen LogP contribution in [0.1, 0.15) is 13.3 Å².